The fourth-order valence-electron chi connectivity index (χ4n) is 3.38. The molecule has 0 N–H and O–H groups in total. The molecule has 1 heterocycles. The maximum Gasteiger partial charge on any atom is 0.327 e. The summed E-state index contributed by atoms with van der Waals surface area (Å²) in [7, 11) is 1.65. The van der Waals surface area contributed by atoms with Crippen LogP contribution in [0, 0.1) is 5.92 Å². The van der Waals surface area contributed by atoms with E-state index in [1.807, 2.05) is 6.92 Å². The first-order chi connectivity index (χ1) is 12.7. The number of ketones is 1. The van der Waals surface area contributed by atoms with Crippen LogP contribution >= 0.6 is 0 Å². The van der Waals surface area contributed by atoms with Gasteiger partial charge < -0.3 is 4.90 Å². The second kappa shape index (κ2) is 10.4. The van der Waals surface area contributed by atoms with E-state index < -0.39 is 11.6 Å². The van der Waals surface area contributed by atoms with Gasteiger partial charge in [-0.05, 0) is 39.5 Å². The maximum atomic E-state index is 13.0. The molecule has 0 aromatic heterocycles. The third-order valence-electron chi connectivity index (χ3n) is 5.71. The summed E-state index contributed by atoms with van der Waals surface area (Å²) < 4.78 is 0. The van der Waals surface area contributed by atoms with Crippen molar-refractivity contribution >= 4 is 23.9 Å². The van der Waals surface area contributed by atoms with Crippen LogP contribution in [0.4, 0.5) is 4.79 Å². The van der Waals surface area contributed by atoms with Gasteiger partial charge in [-0.25, -0.2) is 4.79 Å². The largest absolute Gasteiger partial charge is 0.327 e. The van der Waals surface area contributed by atoms with E-state index in [-0.39, 0.29) is 18.2 Å². The average Bonchev–Trinajstić information content (AvgIpc) is 2.82. The molecule has 2 unspecified atom stereocenters. The Balaban J connectivity index is 2.85. The third kappa shape index (κ3) is 5.50. The van der Waals surface area contributed by atoms with Gasteiger partial charge >= 0.3 is 6.03 Å². The van der Waals surface area contributed by atoms with Gasteiger partial charge in [0.15, 0.2) is 5.78 Å². The highest BCUT2D eigenvalue weighted by Gasteiger charge is 2.52. The standard InChI is InChI=1S/C21H35N3O3/c1-7-10-11-17(8-2)12-13-21(5)19(26)24(20(27)23(21)6)15-18(25)16(4)14-22-9-3/h9,14,17H,7-8,10-13,15H2,1-6H3/b16-14+,22-9?. The van der Waals surface area contributed by atoms with Crippen molar-refractivity contribution in [2.45, 2.75) is 78.7 Å². The first kappa shape index (κ1) is 23.1. The topological polar surface area (TPSA) is 70.1 Å². The number of carbonyl (C=O) groups excluding carboxylic acids is 3. The fourth-order valence-corrected chi connectivity index (χ4v) is 3.38. The Kier molecular flexibility index (Phi) is 8.86. The molecule has 0 radical (unpaired) electrons. The van der Waals surface area contributed by atoms with Crippen molar-refractivity contribution in [3.8, 4) is 0 Å². The van der Waals surface area contributed by atoms with E-state index in [9.17, 15) is 14.4 Å². The Morgan fingerprint density at radius 3 is 2.48 bits per heavy atom. The van der Waals surface area contributed by atoms with E-state index >= 15 is 0 Å². The minimum atomic E-state index is -0.879. The molecular formula is C21H35N3O3. The molecule has 1 rings (SSSR count). The summed E-state index contributed by atoms with van der Waals surface area (Å²) in [6, 6.07) is -0.399. The van der Waals surface area contributed by atoms with E-state index in [1.165, 1.54) is 17.5 Å². The van der Waals surface area contributed by atoms with Crippen LogP contribution in [0.5, 0.6) is 0 Å². The average molecular weight is 378 g/mol. The number of hydrogen-bond acceptors (Lipinski definition) is 4. The van der Waals surface area contributed by atoms with E-state index in [0.717, 1.165) is 30.6 Å². The first-order valence-corrected chi connectivity index (χ1v) is 10.00. The molecule has 1 aliphatic rings. The van der Waals surface area contributed by atoms with E-state index in [1.54, 1.807) is 27.1 Å². The molecule has 0 bridgehead atoms. The number of nitrogens with zero attached hydrogens (tertiary/aromatic N) is 3. The zero-order chi connectivity index (χ0) is 20.6. The number of rotatable bonds is 11. The number of imide groups is 1. The van der Waals surface area contributed by atoms with Crippen molar-refractivity contribution in [2.24, 2.45) is 10.9 Å². The monoisotopic (exact) mass is 377 g/mol. The molecule has 0 aliphatic carbocycles. The summed E-state index contributed by atoms with van der Waals surface area (Å²) in [5.74, 6) is 0.0145. The quantitative estimate of drug-likeness (QED) is 0.308. The zero-order valence-corrected chi connectivity index (χ0v) is 17.7. The fraction of sp³-hybridized carbons (Fsp3) is 0.714. The molecule has 1 aliphatic heterocycles. The van der Waals surface area contributed by atoms with E-state index in [4.69, 9.17) is 0 Å². The van der Waals surface area contributed by atoms with Gasteiger partial charge in [0.2, 0.25) is 0 Å². The summed E-state index contributed by atoms with van der Waals surface area (Å²) >= 11 is 0. The lowest BCUT2D eigenvalue weighted by Gasteiger charge is -2.30. The van der Waals surface area contributed by atoms with Gasteiger partial charge in [-0.1, -0.05) is 39.5 Å². The molecule has 0 saturated carbocycles. The van der Waals surface area contributed by atoms with Crippen LogP contribution in [-0.2, 0) is 9.59 Å². The van der Waals surface area contributed by atoms with Gasteiger partial charge in [0.1, 0.15) is 5.54 Å². The Labute approximate surface area is 163 Å². The van der Waals surface area contributed by atoms with Crippen LogP contribution < -0.4 is 0 Å². The lowest BCUT2D eigenvalue weighted by molar-refractivity contribution is -0.134. The molecule has 1 saturated heterocycles. The third-order valence-corrected chi connectivity index (χ3v) is 5.71. The van der Waals surface area contributed by atoms with Gasteiger partial charge in [-0.3, -0.25) is 19.5 Å². The minimum Gasteiger partial charge on any atom is -0.313 e. The number of Topliss-reactive ketones (excluding diaryl/α,β-unsaturated/α-hetero) is 1. The number of carbonyl (C=O) groups is 3. The number of hydrogen-bond donors (Lipinski definition) is 0. The second-order valence-electron chi connectivity index (χ2n) is 7.60. The molecule has 2 atom stereocenters. The highest BCUT2D eigenvalue weighted by Crippen LogP contribution is 2.33. The smallest absolute Gasteiger partial charge is 0.313 e. The summed E-state index contributed by atoms with van der Waals surface area (Å²) in [6.45, 7) is 9.33. The molecule has 0 aromatic carbocycles. The van der Waals surface area contributed by atoms with Gasteiger partial charge in [-0.2, -0.15) is 0 Å². The molecule has 152 valence electrons. The second-order valence-corrected chi connectivity index (χ2v) is 7.60. The predicted molar refractivity (Wildman–Crippen MR) is 109 cm³/mol. The van der Waals surface area contributed by atoms with Crippen molar-refractivity contribution < 1.29 is 14.4 Å². The lowest BCUT2D eigenvalue weighted by Crippen LogP contribution is -2.45. The van der Waals surface area contributed by atoms with Gasteiger partial charge in [0, 0.05) is 25.0 Å². The molecule has 6 nitrogen and oxygen atoms in total. The number of urea groups is 1. The van der Waals surface area contributed by atoms with E-state index in [2.05, 4.69) is 18.8 Å². The van der Waals surface area contributed by atoms with Crippen LogP contribution in [0.1, 0.15) is 73.1 Å². The first-order valence-electron chi connectivity index (χ1n) is 10.00. The Hall–Kier alpha value is -1.98. The molecular weight excluding hydrogens is 342 g/mol. The van der Waals surface area contributed by atoms with Gasteiger partial charge in [-0.15, -0.1) is 0 Å². The van der Waals surface area contributed by atoms with Crippen LogP contribution in [0.15, 0.2) is 16.8 Å². The van der Waals surface area contributed by atoms with Crippen LogP contribution in [0.25, 0.3) is 0 Å². The number of aliphatic imine (C=N–C) groups is 1. The minimum absolute atomic E-state index is 0.230. The van der Waals surface area contributed by atoms with Gasteiger partial charge in [0.25, 0.3) is 5.91 Å². The summed E-state index contributed by atoms with van der Waals surface area (Å²) in [5.41, 5.74) is -0.452. The van der Waals surface area contributed by atoms with E-state index in [0.29, 0.717) is 17.9 Å². The van der Waals surface area contributed by atoms with Crippen LogP contribution in [-0.4, -0.2) is 52.9 Å². The van der Waals surface area contributed by atoms with Crippen LogP contribution in [0.2, 0.25) is 0 Å². The number of likely N-dealkylation sites (N-methyl/N-ethyl adjacent to an activating group) is 1. The molecule has 1 fully saturated rings. The van der Waals surface area contributed by atoms with Crippen molar-refractivity contribution in [3.63, 3.8) is 0 Å². The predicted octanol–water partition coefficient (Wildman–Crippen LogP) is 4.20. The SMILES string of the molecule is CC=N/C=C(\C)C(=O)CN1C(=O)N(C)C(C)(CCC(CC)CCCC)C1=O. The number of unbranched alkanes of at least 4 members (excludes halogenated alkanes) is 1. The number of amides is 3. The zero-order valence-electron chi connectivity index (χ0n) is 17.7. The van der Waals surface area contributed by atoms with Crippen LogP contribution in [0.3, 0.4) is 0 Å². The van der Waals surface area contributed by atoms with Gasteiger partial charge in [0.05, 0.1) is 6.54 Å². The molecule has 0 aromatic rings. The molecule has 0 spiro atoms. The highest BCUT2D eigenvalue weighted by atomic mass is 16.2. The summed E-state index contributed by atoms with van der Waals surface area (Å²) in [6.07, 6.45) is 9.13. The van der Waals surface area contributed by atoms with Crippen molar-refractivity contribution in [2.75, 3.05) is 13.6 Å². The van der Waals surface area contributed by atoms with Crippen molar-refractivity contribution in [1.82, 2.24) is 9.80 Å². The Morgan fingerprint density at radius 2 is 1.93 bits per heavy atom. The molecule has 3 amide bonds. The molecule has 27 heavy (non-hydrogen) atoms. The van der Waals surface area contributed by atoms with Crippen molar-refractivity contribution in [3.05, 3.63) is 11.8 Å². The Morgan fingerprint density at radius 1 is 1.26 bits per heavy atom. The van der Waals surface area contributed by atoms with Crippen molar-refractivity contribution in [1.29, 1.82) is 0 Å². The maximum absolute atomic E-state index is 13.0. The summed E-state index contributed by atoms with van der Waals surface area (Å²) in [5, 5.41) is 0. The normalized spacial score (nSPS) is 22.2. The highest BCUT2D eigenvalue weighted by molar-refractivity contribution is 6.10. The molecule has 6 heteroatoms. The summed E-state index contributed by atoms with van der Waals surface area (Å²) in [4.78, 5) is 44.5. The lowest BCUT2D eigenvalue weighted by atomic mass is 9.86. The Bertz CT molecular complexity index is 612.